The van der Waals surface area contributed by atoms with E-state index in [4.69, 9.17) is 4.74 Å². The molecule has 1 aromatic rings. The van der Waals surface area contributed by atoms with Gasteiger partial charge in [-0.25, -0.2) is 0 Å². The molecule has 1 nitrogen and oxygen atoms in total. The van der Waals surface area contributed by atoms with Gasteiger partial charge in [0.05, 0.1) is 6.61 Å². The molecule has 0 unspecified atom stereocenters. The smallest absolute Gasteiger partial charge is 0.0727 e. The molecule has 0 radical (unpaired) electrons. The summed E-state index contributed by atoms with van der Waals surface area (Å²) in [5, 5.41) is 0. The van der Waals surface area contributed by atoms with E-state index in [-0.39, 0.29) is 0 Å². The van der Waals surface area contributed by atoms with Gasteiger partial charge < -0.3 is 4.74 Å². The highest BCUT2D eigenvalue weighted by molar-refractivity contribution is 9.10. The Morgan fingerprint density at radius 1 is 1.31 bits per heavy atom. The number of hydrogen-bond donors (Lipinski definition) is 0. The SMILES string of the molecule is Brc1ccccc1COCC1CC1. The van der Waals surface area contributed by atoms with Crippen LogP contribution >= 0.6 is 15.9 Å². The zero-order valence-electron chi connectivity index (χ0n) is 7.50. The van der Waals surface area contributed by atoms with Crippen LogP contribution in [0.3, 0.4) is 0 Å². The second kappa shape index (κ2) is 4.25. The van der Waals surface area contributed by atoms with Crippen molar-refractivity contribution in [1.82, 2.24) is 0 Å². The normalized spacial score (nSPS) is 16.1. The van der Waals surface area contributed by atoms with Gasteiger partial charge in [-0.15, -0.1) is 0 Å². The van der Waals surface area contributed by atoms with Gasteiger partial charge in [0.25, 0.3) is 0 Å². The summed E-state index contributed by atoms with van der Waals surface area (Å²) >= 11 is 3.50. The van der Waals surface area contributed by atoms with E-state index in [1.165, 1.54) is 18.4 Å². The number of halogens is 1. The molecule has 0 spiro atoms. The van der Waals surface area contributed by atoms with Crippen LogP contribution < -0.4 is 0 Å². The first-order chi connectivity index (χ1) is 6.36. The van der Waals surface area contributed by atoms with Gasteiger partial charge >= 0.3 is 0 Å². The van der Waals surface area contributed by atoms with Crippen molar-refractivity contribution in [3.63, 3.8) is 0 Å². The van der Waals surface area contributed by atoms with E-state index in [0.717, 1.165) is 23.6 Å². The Kier molecular flexibility index (Phi) is 3.01. The van der Waals surface area contributed by atoms with Gasteiger partial charge in [0, 0.05) is 11.1 Å². The summed E-state index contributed by atoms with van der Waals surface area (Å²) in [6.45, 7) is 1.67. The molecule has 0 N–H and O–H groups in total. The molecule has 13 heavy (non-hydrogen) atoms. The Labute approximate surface area is 87.2 Å². The molecular formula is C11H13BrO. The molecule has 1 fully saturated rings. The summed E-state index contributed by atoms with van der Waals surface area (Å²) in [4.78, 5) is 0. The first kappa shape index (κ1) is 9.22. The Hall–Kier alpha value is -0.340. The lowest BCUT2D eigenvalue weighted by molar-refractivity contribution is 0.111. The summed E-state index contributed by atoms with van der Waals surface area (Å²) in [7, 11) is 0. The van der Waals surface area contributed by atoms with Crippen LogP contribution in [-0.2, 0) is 11.3 Å². The van der Waals surface area contributed by atoms with Gasteiger partial charge in [-0.05, 0) is 30.4 Å². The van der Waals surface area contributed by atoms with Crippen molar-refractivity contribution in [3.8, 4) is 0 Å². The number of rotatable bonds is 4. The van der Waals surface area contributed by atoms with E-state index in [1.54, 1.807) is 0 Å². The van der Waals surface area contributed by atoms with Crippen LogP contribution in [0.5, 0.6) is 0 Å². The lowest BCUT2D eigenvalue weighted by Gasteiger charge is -2.04. The molecule has 1 aliphatic carbocycles. The molecule has 70 valence electrons. The maximum absolute atomic E-state index is 5.59. The van der Waals surface area contributed by atoms with Crippen LogP contribution in [0.25, 0.3) is 0 Å². The minimum atomic E-state index is 0.734. The first-order valence-electron chi connectivity index (χ1n) is 4.67. The van der Waals surface area contributed by atoms with Gasteiger partial charge in [-0.3, -0.25) is 0 Å². The van der Waals surface area contributed by atoms with Gasteiger partial charge in [0.15, 0.2) is 0 Å². The quantitative estimate of drug-likeness (QED) is 0.785. The molecule has 1 aliphatic rings. The van der Waals surface area contributed by atoms with Gasteiger partial charge in [-0.2, -0.15) is 0 Å². The highest BCUT2D eigenvalue weighted by atomic mass is 79.9. The predicted octanol–water partition coefficient (Wildman–Crippen LogP) is 3.38. The number of hydrogen-bond acceptors (Lipinski definition) is 1. The van der Waals surface area contributed by atoms with Crippen molar-refractivity contribution in [3.05, 3.63) is 34.3 Å². The molecule has 1 aromatic carbocycles. The summed E-state index contributed by atoms with van der Waals surface area (Å²) < 4.78 is 6.74. The zero-order valence-corrected chi connectivity index (χ0v) is 9.09. The fourth-order valence-corrected chi connectivity index (χ4v) is 1.63. The average molecular weight is 241 g/mol. The van der Waals surface area contributed by atoms with Crippen molar-refractivity contribution in [2.45, 2.75) is 19.4 Å². The van der Waals surface area contributed by atoms with Crippen LogP contribution in [0.1, 0.15) is 18.4 Å². The lowest BCUT2D eigenvalue weighted by Crippen LogP contribution is -1.97. The molecule has 0 saturated heterocycles. The zero-order chi connectivity index (χ0) is 9.10. The van der Waals surface area contributed by atoms with Crippen molar-refractivity contribution in [1.29, 1.82) is 0 Å². The van der Waals surface area contributed by atoms with Gasteiger partial charge in [-0.1, -0.05) is 34.1 Å². The van der Waals surface area contributed by atoms with E-state index in [1.807, 2.05) is 12.1 Å². The third-order valence-electron chi connectivity index (χ3n) is 2.27. The maximum atomic E-state index is 5.59. The molecule has 1 saturated carbocycles. The Morgan fingerprint density at radius 2 is 2.08 bits per heavy atom. The molecule has 0 heterocycles. The van der Waals surface area contributed by atoms with Crippen molar-refractivity contribution < 1.29 is 4.74 Å². The number of ether oxygens (including phenoxy) is 1. The minimum Gasteiger partial charge on any atom is -0.376 e. The van der Waals surface area contributed by atoms with E-state index in [0.29, 0.717) is 0 Å². The fourth-order valence-electron chi connectivity index (χ4n) is 1.24. The van der Waals surface area contributed by atoms with E-state index in [9.17, 15) is 0 Å². The van der Waals surface area contributed by atoms with E-state index < -0.39 is 0 Å². The molecule has 0 aliphatic heterocycles. The molecule has 0 atom stereocenters. The van der Waals surface area contributed by atoms with Crippen molar-refractivity contribution in [2.75, 3.05) is 6.61 Å². The summed E-state index contributed by atoms with van der Waals surface area (Å²) in [6.07, 6.45) is 2.71. The van der Waals surface area contributed by atoms with Crippen molar-refractivity contribution in [2.24, 2.45) is 5.92 Å². The first-order valence-corrected chi connectivity index (χ1v) is 5.46. The van der Waals surface area contributed by atoms with Crippen LogP contribution in [-0.4, -0.2) is 6.61 Å². The van der Waals surface area contributed by atoms with Crippen LogP contribution in [0.15, 0.2) is 28.7 Å². The van der Waals surface area contributed by atoms with Gasteiger partial charge in [0.2, 0.25) is 0 Å². The number of benzene rings is 1. The fraction of sp³-hybridized carbons (Fsp3) is 0.455. The van der Waals surface area contributed by atoms with Crippen LogP contribution in [0.4, 0.5) is 0 Å². The van der Waals surface area contributed by atoms with E-state index in [2.05, 4.69) is 28.1 Å². The summed E-state index contributed by atoms with van der Waals surface area (Å²) in [5.74, 6) is 0.850. The second-order valence-corrected chi connectivity index (χ2v) is 4.40. The second-order valence-electron chi connectivity index (χ2n) is 3.55. The molecule has 0 aromatic heterocycles. The highest BCUT2D eigenvalue weighted by Crippen LogP contribution is 2.29. The molecule has 2 rings (SSSR count). The maximum Gasteiger partial charge on any atom is 0.0727 e. The van der Waals surface area contributed by atoms with Crippen molar-refractivity contribution >= 4 is 15.9 Å². The summed E-state index contributed by atoms with van der Waals surface area (Å²) in [5.41, 5.74) is 1.24. The third-order valence-corrected chi connectivity index (χ3v) is 3.04. The minimum absolute atomic E-state index is 0.734. The predicted molar refractivity (Wildman–Crippen MR) is 56.5 cm³/mol. The standard InChI is InChI=1S/C11H13BrO/c12-11-4-2-1-3-10(11)8-13-7-9-5-6-9/h1-4,9H,5-8H2. The highest BCUT2D eigenvalue weighted by Gasteiger charge is 2.21. The largest absolute Gasteiger partial charge is 0.376 e. The third kappa shape index (κ3) is 2.82. The Bertz CT molecular complexity index is 281. The van der Waals surface area contributed by atoms with E-state index >= 15 is 0 Å². The molecule has 0 bridgehead atoms. The lowest BCUT2D eigenvalue weighted by atomic mass is 10.2. The van der Waals surface area contributed by atoms with Gasteiger partial charge in [0.1, 0.15) is 0 Å². The molecule has 2 heteroatoms. The topological polar surface area (TPSA) is 9.23 Å². The Balaban J connectivity index is 1.82. The summed E-state index contributed by atoms with van der Waals surface area (Å²) in [6, 6.07) is 8.21. The average Bonchev–Trinajstić information content (AvgIpc) is 2.92. The monoisotopic (exact) mass is 240 g/mol. The molecular weight excluding hydrogens is 228 g/mol. The Morgan fingerprint density at radius 3 is 2.77 bits per heavy atom. The molecule has 0 amide bonds. The van der Waals surface area contributed by atoms with Crippen LogP contribution in [0.2, 0.25) is 0 Å². The van der Waals surface area contributed by atoms with Crippen LogP contribution in [0, 0.1) is 5.92 Å².